The van der Waals surface area contributed by atoms with Crippen LogP contribution in [0.5, 0.6) is 0 Å². The molecule has 0 aliphatic heterocycles. The Labute approximate surface area is 114 Å². The maximum atomic E-state index is 11.8. The molecule has 3 nitrogen and oxygen atoms in total. The van der Waals surface area contributed by atoms with Gasteiger partial charge in [0.2, 0.25) is 5.91 Å². The van der Waals surface area contributed by atoms with Crippen molar-refractivity contribution < 1.29 is 9.90 Å². The summed E-state index contributed by atoms with van der Waals surface area (Å²) in [5, 5.41) is 12.5. The van der Waals surface area contributed by atoms with E-state index in [1.165, 1.54) is 24.0 Å². The first-order valence-corrected chi connectivity index (χ1v) is 7.28. The van der Waals surface area contributed by atoms with E-state index in [0.717, 1.165) is 24.8 Å². The lowest BCUT2D eigenvalue weighted by atomic mass is 10.0. The Morgan fingerprint density at radius 3 is 2.89 bits per heavy atom. The van der Waals surface area contributed by atoms with E-state index in [9.17, 15) is 9.90 Å². The number of aliphatic hydroxyl groups is 1. The summed E-state index contributed by atoms with van der Waals surface area (Å²) in [4.78, 5) is 11.8. The largest absolute Gasteiger partial charge is 0.391 e. The highest BCUT2D eigenvalue weighted by atomic mass is 16.3. The number of amides is 1. The molecule has 1 saturated carbocycles. The van der Waals surface area contributed by atoms with E-state index in [2.05, 4.69) is 23.5 Å². The van der Waals surface area contributed by atoms with E-state index >= 15 is 0 Å². The lowest BCUT2D eigenvalue weighted by Crippen LogP contribution is -2.34. The van der Waals surface area contributed by atoms with Gasteiger partial charge in [-0.05, 0) is 54.7 Å². The number of benzene rings is 1. The Balaban J connectivity index is 1.51. The topological polar surface area (TPSA) is 49.3 Å². The zero-order chi connectivity index (χ0) is 13.2. The summed E-state index contributed by atoms with van der Waals surface area (Å²) in [6.07, 6.45) is 5.82. The van der Waals surface area contributed by atoms with E-state index in [4.69, 9.17) is 0 Å². The van der Waals surface area contributed by atoms with E-state index in [1.807, 2.05) is 0 Å². The quantitative estimate of drug-likeness (QED) is 0.844. The van der Waals surface area contributed by atoms with Gasteiger partial charge in [0.15, 0.2) is 0 Å². The third kappa shape index (κ3) is 3.16. The average Bonchev–Trinajstić information content (AvgIpc) is 3.15. The van der Waals surface area contributed by atoms with Gasteiger partial charge in [0.25, 0.3) is 0 Å². The first-order chi connectivity index (χ1) is 9.22. The smallest absolute Gasteiger partial charge is 0.224 e. The fourth-order valence-electron chi connectivity index (χ4n) is 2.85. The van der Waals surface area contributed by atoms with Crippen LogP contribution < -0.4 is 5.32 Å². The molecule has 1 amide bonds. The molecule has 1 fully saturated rings. The molecule has 0 spiro atoms. The number of rotatable bonds is 5. The first-order valence-electron chi connectivity index (χ1n) is 7.28. The molecule has 2 aliphatic rings. The molecule has 0 bridgehead atoms. The molecule has 3 rings (SSSR count). The third-order valence-electron chi connectivity index (χ3n) is 4.20. The van der Waals surface area contributed by atoms with Gasteiger partial charge in [-0.2, -0.15) is 0 Å². The van der Waals surface area contributed by atoms with Gasteiger partial charge in [-0.3, -0.25) is 4.79 Å². The number of carbonyl (C=O) groups excluding carboxylic acids is 1. The molecule has 19 heavy (non-hydrogen) atoms. The first kappa shape index (κ1) is 12.7. The maximum Gasteiger partial charge on any atom is 0.224 e. The van der Waals surface area contributed by atoms with Crippen LogP contribution in [-0.2, 0) is 24.1 Å². The molecule has 1 aromatic carbocycles. The third-order valence-corrected chi connectivity index (χ3v) is 4.20. The van der Waals surface area contributed by atoms with Gasteiger partial charge in [-0.1, -0.05) is 18.2 Å². The van der Waals surface area contributed by atoms with E-state index in [0.29, 0.717) is 18.9 Å². The fourth-order valence-corrected chi connectivity index (χ4v) is 2.85. The average molecular weight is 259 g/mol. The van der Waals surface area contributed by atoms with Crippen molar-refractivity contribution in [3.63, 3.8) is 0 Å². The van der Waals surface area contributed by atoms with Crippen LogP contribution in [0.2, 0.25) is 0 Å². The standard InChI is InChI=1S/C16H21NO2/c18-15(13-6-7-13)10-17-16(19)9-11-4-5-12-2-1-3-14(12)8-11/h4-5,8,13,15,18H,1-3,6-7,9-10H2,(H,17,19). The summed E-state index contributed by atoms with van der Waals surface area (Å²) in [5.41, 5.74) is 3.93. The molecule has 2 aliphatic carbocycles. The van der Waals surface area contributed by atoms with Crippen LogP contribution in [0, 0.1) is 5.92 Å². The zero-order valence-corrected chi connectivity index (χ0v) is 11.2. The van der Waals surface area contributed by atoms with Crippen molar-refractivity contribution in [2.45, 2.75) is 44.6 Å². The van der Waals surface area contributed by atoms with Crippen LogP contribution in [0.1, 0.15) is 36.0 Å². The molecule has 0 saturated heterocycles. The molecule has 3 heteroatoms. The molecule has 1 atom stereocenters. The molecular formula is C16H21NO2. The van der Waals surface area contributed by atoms with Gasteiger partial charge >= 0.3 is 0 Å². The second kappa shape index (κ2) is 5.33. The van der Waals surface area contributed by atoms with Gasteiger partial charge in [0.1, 0.15) is 0 Å². The monoisotopic (exact) mass is 259 g/mol. The lowest BCUT2D eigenvalue weighted by molar-refractivity contribution is -0.120. The molecule has 0 radical (unpaired) electrons. The van der Waals surface area contributed by atoms with E-state index in [-0.39, 0.29) is 12.0 Å². The Hall–Kier alpha value is -1.35. The normalized spacial score (nSPS) is 19.0. The van der Waals surface area contributed by atoms with Crippen LogP contribution in [0.4, 0.5) is 0 Å². The highest BCUT2D eigenvalue weighted by Crippen LogP contribution is 2.32. The summed E-state index contributed by atoms with van der Waals surface area (Å²) in [5.74, 6) is 0.429. The highest BCUT2D eigenvalue weighted by Gasteiger charge is 2.29. The highest BCUT2D eigenvalue weighted by molar-refractivity contribution is 5.78. The van der Waals surface area contributed by atoms with Crippen LogP contribution in [0.25, 0.3) is 0 Å². The van der Waals surface area contributed by atoms with Crippen molar-refractivity contribution in [2.24, 2.45) is 5.92 Å². The summed E-state index contributed by atoms with van der Waals surface area (Å²) in [6, 6.07) is 6.38. The fraction of sp³-hybridized carbons (Fsp3) is 0.562. The van der Waals surface area contributed by atoms with Crippen molar-refractivity contribution in [3.05, 3.63) is 34.9 Å². The number of aryl methyl sites for hydroxylation is 2. The zero-order valence-electron chi connectivity index (χ0n) is 11.2. The van der Waals surface area contributed by atoms with Gasteiger partial charge in [-0.15, -0.1) is 0 Å². The minimum absolute atomic E-state index is 0.0117. The van der Waals surface area contributed by atoms with Gasteiger partial charge in [0, 0.05) is 6.54 Å². The van der Waals surface area contributed by atoms with Crippen LogP contribution in [0.3, 0.4) is 0 Å². The second-order valence-electron chi connectivity index (χ2n) is 5.84. The summed E-state index contributed by atoms with van der Waals surface area (Å²) in [6.45, 7) is 0.397. The Morgan fingerprint density at radius 2 is 2.11 bits per heavy atom. The van der Waals surface area contributed by atoms with Crippen molar-refractivity contribution in [3.8, 4) is 0 Å². The maximum absolute atomic E-state index is 11.8. The summed E-state index contributed by atoms with van der Waals surface area (Å²) < 4.78 is 0. The van der Waals surface area contributed by atoms with Crippen molar-refractivity contribution in [2.75, 3.05) is 6.54 Å². The SMILES string of the molecule is O=C(Cc1ccc2c(c1)CCC2)NCC(O)C1CC1. The number of carbonyl (C=O) groups is 1. The minimum atomic E-state index is -0.357. The van der Waals surface area contributed by atoms with E-state index in [1.54, 1.807) is 0 Å². The molecular weight excluding hydrogens is 238 g/mol. The van der Waals surface area contributed by atoms with Gasteiger partial charge in [0.05, 0.1) is 12.5 Å². The van der Waals surface area contributed by atoms with Crippen LogP contribution >= 0.6 is 0 Å². The molecule has 0 aromatic heterocycles. The number of fused-ring (bicyclic) bond motifs is 1. The number of aliphatic hydroxyl groups excluding tert-OH is 1. The van der Waals surface area contributed by atoms with Crippen LogP contribution in [-0.4, -0.2) is 23.7 Å². The molecule has 1 aromatic rings. The van der Waals surface area contributed by atoms with Crippen molar-refractivity contribution in [1.82, 2.24) is 5.32 Å². The second-order valence-corrected chi connectivity index (χ2v) is 5.84. The number of hydrogen-bond donors (Lipinski definition) is 2. The van der Waals surface area contributed by atoms with E-state index < -0.39 is 0 Å². The minimum Gasteiger partial charge on any atom is -0.391 e. The van der Waals surface area contributed by atoms with Crippen molar-refractivity contribution in [1.29, 1.82) is 0 Å². The molecule has 0 heterocycles. The van der Waals surface area contributed by atoms with Gasteiger partial charge < -0.3 is 10.4 Å². The molecule has 2 N–H and O–H groups in total. The van der Waals surface area contributed by atoms with Crippen molar-refractivity contribution >= 4 is 5.91 Å². The number of hydrogen-bond acceptors (Lipinski definition) is 2. The summed E-state index contributed by atoms with van der Waals surface area (Å²) in [7, 11) is 0. The summed E-state index contributed by atoms with van der Waals surface area (Å²) >= 11 is 0. The molecule has 1 unspecified atom stereocenters. The predicted octanol–water partition coefficient (Wildman–Crippen LogP) is 1.60. The lowest BCUT2D eigenvalue weighted by Gasteiger charge is -2.11. The Morgan fingerprint density at radius 1 is 1.32 bits per heavy atom. The Bertz CT molecular complexity index is 480. The number of nitrogens with one attached hydrogen (secondary N) is 1. The van der Waals surface area contributed by atoms with Gasteiger partial charge in [-0.25, -0.2) is 0 Å². The predicted molar refractivity (Wildman–Crippen MR) is 73.9 cm³/mol. The molecule has 102 valence electrons. The Kier molecular flexibility index (Phi) is 3.56. The van der Waals surface area contributed by atoms with Crippen LogP contribution in [0.15, 0.2) is 18.2 Å².